The number of esters is 2. The van der Waals surface area contributed by atoms with E-state index in [1.807, 2.05) is 24.3 Å². The van der Waals surface area contributed by atoms with Gasteiger partial charge in [-0.05, 0) is 23.3 Å². The van der Waals surface area contributed by atoms with Crippen LogP contribution in [0.5, 0.6) is 0 Å². The molecule has 1 aliphatic carbocycles. The minimum atomic E-state index is -1.72. The van der Waals surface area contributed by atoms with E-state index >= 15 is 0 Å². The average molecular weight is 491 g/mol. The van der Waals surface area contributed by atoms with Gasteiger partial charge in [-0.2, -0.15) is 0 Å². The van der Waals surface area contributed by atoms with Gasteiger partial charge in [0.05, 0.1) is 13.2 Å². The number of cyclic esters (lactones) is 2. The molecule has 2 saturated heterocycles. The molecule has 174 valence electrons. The summed E-state index contributed by atoms with van der Waals surface area (Å²) in [6.07, 6.45) is 0.477. The van der Waals surface area contributed by atoms with Crippen LogP contribution in [0.3, 0.4) is 0 Å². The summed E-state index contributed by atoms with van der Waals surface area (Å²) in [6, 6.07) is 14.3. The third-order valence-corrected chi connectivity index (χ3v) is 7.55. The van der Waals surface area contributed by atoms with Crippen LogP contribution in [0, 0.1) is 5.41 Å². The predicted octanol–water partition coefficient (Wildman–Crippen LogP) is 5.22. The Balaban J connectivity index is 1.78. The highest BCUT2D eigenvalue weighted by molar-refractivity contribution is 6.32. The molecule has 0 aromatic heterocycles. The Morgan fingerprint density at radius 1 is 0.758 bits per heavy atom. The predicted molar refractivity (Wildman–Crippen MR) is 121 cm³/mol. The zero-order valence-corrected chi connectivity index (χ0v) is 19.8. The Bertz CT molecular complexity index is 1030. The van der Waals surface area contributed by atoms with E-state index in [1.54, 1.807) is 24.3 Å². The number of hydrogen-bond acceptors (Lipinski definition) is 6. The van der Waals surface area contributed by atoms with Crippen LogP contribution in [0.1, 0.15) is 49.7 Å². The van der Waals surface area contributed by atoms with Gasteiger partial charge in [-0.25, -0.2) is 0 Å². The minimum Gasteiger partial charge on any atom is -0.422 e. The fourth-order valence-electron chi connectivity index (χ4n) is 5.52. The van der Waals surface area contributed by atoms with Gasteiger partial charge in [0.25, 0.3) is 5.79 Å². The minimum absolute atomic E-state index is 0.238. The number of carbonyl (C=O) groups excluding carboxylic acids is 2. The second kappa shape index (κ2) is 7.98. The number of hydrogen-bond donors (Lipinski definition) is 0. The lowest BCUT2D eigenvalue weighted by Crippen LogP contribution is -2.63. The van der Waals surface area contributed by atoms with Crippen LogP contribution in [0.4, 0.5) is 0 Å². The van der Waals surface area contributed by atoms with Crippen LogP contribution in [0.15, 0.2) is 48.5 Å². The maximum atomic E-state index is 13.9. The third-order valence-electron chi connectivity index (χ3n) is 6.86. The molecule has 2 heterocycles. The molecule has 33 heavy (non-hydrogen) atoms. The summed E-state index contributed by atoms with van der Waals surface area (Å²) in [4.78, 5) is 27.8. The monoisotopic (exact) mass is 490 g/mol. The molecule has 8 heteroatoms. The zero-order chi connectivity index (χ0) is 23.4. The Kier molecular flexibility index (Phi) is 5.48. The van der Waals surface area contributed by atoms with Gasteiger partial charge in [0.1, 0.15) is 0 Å². The molecule has 1 saturated carbocycles. The summed E-state index contributed by atoms with van der Waals surface area (Å²) in [6.45, 7) is 3.91. The van der Waals surface area contributed by atoms with E-state index in [9.17, 15) is 9.59 Å². The van der Waals surface area contributed by atoms with Crippen molar-refractivity contribution in [2.45, 2.75) is 50.1 Å². The first-order chi connectivity index (χ1) is 15.7. The van der Waals surface area contributed by atoms with Crippen molar-refractivity contribution in [2.24, 2.45) is 5.41 Å². The molecule has 2 aliphatic heterocycles. The quantitative estimate of drug-likeness (QED) is 0.424. The van der Waals surface area contributed by atoms with Crippen molar-refractivity contribution in [3.8, 4) is 0 Å². The van der Waals surface area contributed by atoms with Crippen LogP contribution < -0.4 is 0 Å². The molecule has 0 radical (unpaired) electrons. The Morgan fingerprint density at radius 2 is 1.18 bits per heavy atom. The summed E-state index contributed by atoms with van der Waals surface area (Å²) < 4.78 is 23.6. The number of halogens is 2. The summed E-state index contributed by atoms with van der Waals surface area (Å²) in [5, 5.41) is 0.862. The van der Waals surface area contributed by atoms with E-state index in [-0.39, 0.29) is 12.8 Å². The summed E-state index contributed by atoms with van der Waals surface area (Å²) in [7, 11) is 0. The first-order valence-corrected chi connectivity index (χ1v) is 11.7. The van der Waals surface area contributed by atoms with Gasteiger partial charge in [0.15, 0.2) is 11.2 Å². The maximum Gasteiger partial charge on any atom is 0.328 e. The van der Waals surface area contributed by atoms with Crippen LogP contribution in [-0.4, -0.2) is 36.7 Å². The van der Waals surface area contributed by atoms with Crippen LogP contribution in [-0.2, 0) is 28.5 Å². The molecule has 0 amide bonds. The number of benzene rings is 2. The topological polar surface area (TPSA) is 71.1 Å². The number of ether oxygens (including phenoxy) is 4. The van der Waals surface area contributed by atoms with Crippen molar-refractivity contribution in [1.82, 2.24) is 0 Å². The molecule has 2 aromatic rings. The normalized spacial score (nSPS) is 27.4. The highest BCUT2D eigenvalue weighted by atomic mass is 35.5. The lowest BCUT2D eigenvalue weighted by molar-refractivity contribution is -0.268. The zero-order valence-electron chi connectivity index (χ0n) is 18.3. The van der Waals surface area contributed by atoms with E-state index in [1.165, 1.54) is 13.8 Å². The Hall–Kier alpha value is -2.12. The molecule has 0 unspecified atom stereocenters. The molecule has 3 fully saturated rings. The molecule has 0 bridgehead atoms. The van der Waals surface area contributed by atoms with Gasteiger partial charge >= 0.3 is 11.9 Å². The van der Waals surface area contributed by atoms with Crippen molar-refractivity contribution in [2.75, 3.05) is 13.2 Å². The van der Waals surface area contributed by atoms with Gasteiger partial charge in [-0.15, -0.1) is 0 Å². The van der Waals surface area contributed by atoms with Crippen molar-refractivity contribution < 1.29 is 28.5 Å². The van der Waals surface area contributed by atoms with Crippen LogP contribution >= 0.6 is 23.2 Å². The highest BCUT2D eigenvalue weighted by Crippen LogP contribution is 2.63. The SMILES string of the molecule is CC1(C)OC(=O)C2(C(=O)O1)[C@@H](c1ccccc1Cl)CC1(C[C@H]2c2ccccc2Cl)OCCO1. The smallest absolute Gasteiger partial charge is 0.328 e. The second-order valence-electron chi connectivity index (χ2n) is 9.21. The fraction of sp³-hybridized carbons (Fsp3) is 0.440. The third kappa shape index (κ3) is 3.55. The summed E-state index contributed by atoms with van der Waals surface area (Å²) in [5.74, 6) is -5.15. The van der Waals surface area contributed by atoms with E-state index in [0.717, 1.165) is 0 Å². The summed E-state index contributed by atoms with van der Waals surface area (Å²) in [5.41, 5.74) is -0.461. The van der Waals surface area contributed by atoms with E-state index in [2.05, 4.69) is 0 Å². The maximum absolute atomic E-state index is 13.9. The standard InChI is InChI=1S/C25H24Cl2O6/c1-23(2)32-21(28)25(22(29)33-23)17(15-7-3-5-9-19(15)26)13-24(30-11-12-31-24)14-18(25)16-8-4-6-10-20(16)27/h3-10,17-18H,11-14H2,1-2H3/t17-,18+. The van der Waals surface area contributed by atoms with E-state index in [4.69, 9.17) is 42.1 Å². The molecule has 3 aliphatic rings. The van der Waals surface area contributed by atoms with Gasteiger partial charge in [0, 0.05) is 48.6 Å². The molecule has 6 nitrogen and oxygen atoms in total. The largest absolute Gasteiger partial charge is 0.422 e. The Morgan fingerprint density at radius 3 is 1.61 bits per heavy atom. The van der Waals surface area contributed by atoms with Gasteiger partial charge in [-0.3, -0.25) is 9.59 Å². The molecule has 2 aromatic carbocycles. The lowest BCUT2D eigenvalue weighted by Gasteiger charge is -2.54. The molecular formula is C25H24Cl2O6. The second-order valence-corrected chi connectivity index (χ2v) is 10.0. The average Bonchev–Trinajstić information content (AvgIpc) is 3.20. The van der Waals surface area contributed by atoms with Crippen molar-refractivity contribution in [1.29, 1.82) is 0 Å². The highest BCUT2D eigenvalue weighted by Gasteiger charge is 2.70. The first-order valence-electron chi connectivity index (χ1n) is 10.9. The summed E-state index contributed by atoms with van der Waals surface area (Å²) >= 11 is 13.2. The fourth-order valence-corrected chi connectivity index (χ4v) is 6.05. The van der Waals surface area contributed by atoms with Crippen molar-refractivity contribution in [3.63, 3.8) is 0 Å². The van der Waals surface area contributed by atoms with E-state index in [0.29, 0.717) is 34.4 Å². The first kappa shape index (κ1) is 22.7. The van der Waals surface area contributed by atoms with Crippen molar-refractivity contribution >= 4 is 35.1 Å². The Labute approximate surface area is 202 Å². The van der Waals surface area contributed by atoms with Crippen LogP contribution in [0.2, 0.25) is 10.0 Å². The lowest BCUT2D eigenvalue weighted by atomic mass is 9.54. The van der Waals surface area contributed by atoms with Crippen LogP contribution in [0.25, 0.3) is 0 Å². The van der Waals surface area contributed by atoms with Gasteiger partial charge < -0.3 is 18.9 Å². The molecular weight excluding hydrogens is 467 g/mol. The molecule has 0 N–H and O–H groups in total. The molecule has 2 atom stereocenters. The number of carbonyl (C=O) groups is 2. The van der Waals surface area contributed by atoms with Crippen molar-refractivity contribution in [3.05, 3.63) is 69.7 Å². The number of rotatable bonds is 2. The van der Waals surface area contributed by atoms with E-state index < -0.39 is 40.8 Å². The molecule has 2 spiro atoms. The molecule has 5 rings (SSSR count). The van der Waals surface area contributed by atoms with Gasteiger partial charge in [0.2, 0.25) is 0 Å². The van der Waals surface area contributed by atoms with Gasteiger partial charge in [-0.1, -0.05) is 59.6 Å².